The topological polar surface area (TPSA) is 106 Å². The Balaban J connectivity index is 1.29. The lowest BCUT2D eigenvalue weighted by molar-refractivity contribution is -0.126. The summed E-state index contributed by atoms with van der Waals surface area (Å²) in [6.07, 6.45) is 2.48. The molecule has 1 aromatic heterocycles. The van der Waals surface area contributed by atoms with Crippen LogP contribution in [-0.4, -0.2) is 100 Å². The van der Waals surface area contributed by atoms with Crippen LogP contribution in [-0.2, 0) is 17.8 Å². The largest absolute Gasteiger partial charge is 0.508 e. The van der Waals surface area contributed by atoms with Gasteiger partial charge in [0.25, 0.3) is 0 Å². The zero-order chi connectivity index (χ0) is 28.5. The number of rotatable bonds is 7. The van der Waals surface area contributed by atoms with Crippen molar-refractivity contribution in [3.05, 3.63) is 60.3 Å². The summed E-state index contributed by atoms with van der Waals surface area (Å²) in [6, 6.07) is 12.1. The highest BCUT2D eigenvalue weighted by atomic mass is 16.5. The van der Waals surface area contributed by atoms with E-state index in [9.17, 15) is 15.0 Å². The third-order valence-corrected chi connectivity index (χ3v) is 8.32. The molecule has 2 saturated heterocycles. The van der Waals surface area contributed by atoms with Crippen molar-refractivity contribution in [1.29, 1.82) is 0 Å². The van der Waals surface area contributed by atoms with Gasteiger partial charge in [-0.2, -0.15) is 9.97 Å². The molecule has 0 saturated carbocycles. The number of aromatic hydroxyl groups is 1. The second-order valence-electron chi connectivity index (χ2n) is 11.3. The molecular formula is C31H38N6O4. The van der Waals surface area contributed by atoms with Gasteiger partial charge in [0, 0.05) is 75.1 Å². The predicted octanol–water partition coefficient (Wildman–Crippen LogP) is 2.57. The fourth-order valence-corrected chi connectivity index (χ4v) is 6.27. The van der Waals surface area contributed by atoms with E-state index in [1.54, 1.807) is 6.07 Å². The van der Waals surface area contributed by atoms with Crippen LogP contribution in [0.3, 0.4) is 0 Å². The molecule has 216 valence electrons. The second-order valence-corrected chi connectivity index (χ2v) is 11.3. The van der Waals surface area contributed by atoms with Gasteiger partial charge in [-0.25, -0.2) is 0 Å². The minimum atomic E-state index is -0.278. The molecule has 41 heavy (non-hydrogen) atoms. The van der Waals surface area contributed by atoms with Crippen LogP contribution in [0.5, 0.6) is 11.8 Å². The van der Waals surface area contributed by atoms with Gasteiger partial charge in [0.05, 0.1) is 18.3 Å². The molecule has 10 heteroatoms. The van der Waals surface area contributed by atoms with Crippen molar-refractivity contribution in [2.75, 3.05) is 62.2 Å². The van der Waals surface area contributed by atoms with Gasteiger partial charge in [0.2, 0.25) is 5.91 Å². The van der Waals surface area contributed by atoms with E-state index in [0.717, 1.165) is 59.5 Å². The Hall–Kier alpha value is -3.89. The molecule has 0 spiro atoms. The number of β-amino-alcohol motifs (C(OH)–C–C–N with tert-alkyl or cyclic N) is 1. The van der Waals surface area contributed by atoms with Crippen LogP contribution in [0, 0.1) is 0 Å². The van der Waals surface area contributed by atoms with Crippen molar-refractivity contribution < 1.29 is 19.7 Å². The van der Waals surface area contributed by atoms with Crippen LogP contribution in [0.25, 0.3) is 10.8 Å². The molecule has 1 amide bonds. The van der Waals surface area contributed by atoms with E-state index in [4.69, 9.17) is 14.7 Å². The van der Waals surface area contributed by atoms with E-state index < -0.39 is 0 Å². The van der Waals surface area contributed by atoms with E-state index in [-0.39, 0.29) is 23.9 Å². The number of carbonyl (C=O) groups excluding carboxylic acids is 1. The average molecular weight is 559 g/mol. The highest BCUT2D eigenvalue weighted by Crippen LogP contribution is 2.36. The predicted molar refractivity (Wildman–Crippen MR) is 159 cm³/mol. The highest BCUT2D eigenvalue weighted by Gasteiger charge is 2.30. The lowest BCUT2D eigenvalue weighted by Crippen LogP contribution is -2.49. The molecule has 6 rings (SSSR count). The quantitative estimate of drug-likeness (QED) is 0.424. The van der Waals surface area contributed by atoms with Crippen molar-refractivity contribution in [2.45, 2.75) is 38.5 Å². The number of likely N-dealkylation sites (tertiary alicyclic amines) is 1. The Morgan fingerprint density at radius 2 is 1.93 bits per heavy atom. The Kier molecular flexibility index (Phi) is 7.68. The van der Waals surface area contributed by atoms with Crippen LogP contribution < -0.4 is 14.5 Å². The maximum absolute atomic E-state index is 12.2. The van der Waals surface area contributed by atoms with Crippen LogP contribution >= 0.6 is 0 Å². The number of fused-ring (bicyclic) bond motifs is 2. The minimum absolute atomic E-state index is 0.0479. The van der Waals surface area contributed by atoms with Crippen molar-refractivity contribution >= 4 is 28.2 Å². The molecule has 1 unspecified atom stereocenters. The molecule has 0 bridgehead atoms. The van der Waals surface area contributed by atoms with E-state index >= 15 is 0 Å². The Morgan fingerprint density at radius 3 is 2.68 bits per heavy atom. The molecule has 2 fully saturated rings. The fourth-order valence-electron chi connectivity index (χ4n) is 6.27. The number of aromatic nitrogens is 2. The van der Waals surface area contributed by atoms with Crippen molar-refractivity contribution in [3.63, 3.8) is 0 Å². The van der Waals surface area contributed by atoms with Crippen LogP contribution in [0.15, 0.2) is 49.1 Å². The number of phenolic OH excluding ortho intramolecular Hbond substituents is 1. The van der Waals surface area contributed by atoms with E-state index in [0.29, 0.717) is 51.8 Å². The lowest BCUT2D eigenvalue weighted by atomic mass is 10.0. The SMILES string of the molecule is C=CC(=O)N1CCN(c2nc(O[C@H](C)CN3CCC(O)C3)nc3c2CCN(c2cc(O)cc4ccccc24)C3)CC1. The van der Waals surface area contributed by atoms with Gasteiger partial charge in [-0.05, 0) is 37.3 Å². The van der Waals surface area contributed by atoms with Gasteiger partial charge in [-0.1, -0.05) is 30.8 Å². The van der Waals surface area contributed by atoms with E-state index in [1.807, 2.05) is 36.1 Å². The van der Waals surface area contributed by atoms with Gasteiger partial charge < -0.3 is 29.6 Å². The summed E-state index contributed by atoms with van der Waals surface area (Å²) in [7, 11) is 0. The second kappa shape index (κ2) is 11.5. The molecule has 10 nitrogen and oxygen atoms in total. The molecule has 2 N–H and O–H groups in total. The first-order chi connectivity index (χ1) is 19.9. The lowest BCUT2D eigenvalue weighted by Gasteiger charge is -2.38. The number of carbonyl (C=O) groups is 1. The first-order valence-electron chi connectivity index (χ1n) is 14.5. The first-order valence-corrected chi connectivity index (χ1v) is 14.5. The number of hydrogen-bond donors (Lipinski definition) is 2. The van der Waals surface area contributed by atoms with Gasteiger partial charge in [0.1, 0.15) is 17.7 Å². The molecule has 2 aromatic carbocycles. The number of aliphatic hydroxyl groups excluding tert-OH is 1. The molecule has 3 aromatic rings. The highest BCUT2D eigenvalue weighted by molar-refractivity contribution is 5.95. The van der Waals surface area contributed by atoms with Crippen molar-refractivity contribution in [1.82, 2.24) is 19.8 Å². The number of piperazine rings is 1. The Bertz CT molecular complexity index is 1440. The van der Waals surface area contributed by atoms with Crippen LogP contribution in [0.2, 0.25) is 0 Å². The monoisotopic (exact) mass is 558 g/mol. The van der Waals surface area contributed by atoms with Gasteiger partial charge in [-0.3, -0.25) is 9.69 Å². The Labute approximate surface area is 240 Å². The third kappa shape index (κ3) is 5.80. The number of aliphatic hydroxyl groups is 1. The number of nitrogens with zero attached hydrogens (tertiary/aromatic N) is 6. The van der Waals surface area contributed by atoms with E-state index in [2.05, 4.69) is 27.3 Å². The average Bonchev–Trinajstić information content (AvgIpc) is 3.39. The zero-order valence-corrected chi connectivity index (χ0v) is 23.6. The van der Waals surface area contributed by atoms with Gasteiger partial charge in [0.15, 0.2) is 0 Å². The van der Waals surface area contributed by atoms with Gasteiger partial charge >= 0.3 is 6.01 Å². The standard InChI is InChI=1S/C31H38N6O4/c1-3-29(40)35-12-14-36(15-13-35)30-26-9-11-37(28-17-24(39)16-22-6-4-5-7-25(22)28)20-27(26)32-31(33-30)41-21(2)18-34-10-8-23(38)19-34/h3-7,16-17,21,23,38-39H,1,8-15,18-20H2,2H3/t21-,23?/m1/s1. The maximum Gasteiger partial charge on any atom is 0.318 e. The van der Waals surface area contributed by atoms with Crippen molar-refractivity contribution in [3.8, 4) is 11.8 Å². The normalized spacial score (nSPS) is 20.2. The van der Waals surface area contributed by atoms with Crippen LogP contribution in [0.4, 0.5) is 11.5 Å². The Morgan fingerprint density at radius 1 is 1.12 bits per heavy atom. The number of amides is 1. The fraction of sp³-hybridized carbons (Fsp3) is 0.452. The summed E-state index contributed by atoms with van der Waals surface area (Å²) in [5.41, 5.74) is 3.00. The molecular weight excluding hydrogens is 520 g/mol. The van der Waals surface area contributed by atoms with Crippen molar-refractivity contribution in [2.24, 2.45) is 0 Å². The number of ether oxygens (including phenoxy) is 1. The summed E-state index contributed by atoms with van der Waals surface area (Å²) >= 11 is 0. The summed E-state index contributed by atoms with van der Waals surface area (Å²) < 4.78 is 6.31. The zero-order valence-electron chi connectivity index (χ0n) is 23.6. The molecule has 3 aliphatic rings. The molecule has 3 aliphatic heterocycles. The van der Waals surface area contributed by atoms with Gasteiger partial charge in [-0.15, -0.1) is 0 Å². The molecule has 4 heterocycles. The van der Waals surface area contributed by atoms with E-state index in [1.165, 1.54) is 6.08 Å². The first kappa shape index (κ1) is 27.3. The number of phenols is 1. The molecule has 2 atom stereocenters. The summed E-state index contributed by atoms with van der Waals surface area (Å²) in [5.74, 6) is 1.07. The van der Waals surface area contributed by atoms with Crippen LogP contribution in [0.1, 0.15) is 24.6 Å². The maximum atomic E-state index is 12.2. The summed E-state index contributed by atoms with van der Waals surface area (Å²) in [6.45, 7) is 11.7. The summed E-state index contributed by atoms with van der Waals surface area (Å²) in [4.78, 5) is 30.6. The number of hydrogen-bond acceptors (Lipinski definition) is 9. The smallest absolute Gasteiger partial charge is 0.318 e. The third-order valence-electron chi connectivity index (χ3n) is 8.32. The number of benzene rings is 2. The summed E-state index contributed by atoms with van der Waals surface area (Å²) in [5, 5.41) is 22.5. The molecule has 0 aliphatic carbocycles. The minimum Gasteiger partial charge on any atom is -0.508 e. The molecule has 0 radical (unpaired) electrons. The number of anilines is 2.